The molecule has 0 aliphatic rings. The topological polar surface area (TPSA) is 29.1 Å². The number of alkyl halides is 1. The summed E-state index contributed by atoms with van der Waals surface area (Å²) in [6, 6.07) is 5.63. The molecule has 0 saturated carbocycles. The minimum Gasteiger partial charge on any atom is -0.325 e. The highest BCUT2D eigenvalue weighted by Crippen LogP contribution is 2.20. The van der Waals surface area contributed by atoms with Crippen LogP contribution < -0.4 is 5.32 Å². The molecule has 1 N–H and O–H groups in total. The van der Waals surface area contributed by atoms with E-state index in [9.17, 15) is 4.79 Å². The van der Waals surface area contributed by atoms with Crippen LogP contribution >= 0.6 is 27.5 Å². The van der Waals surface area contributed by atoms with Gasteiger partial charge in [0.2, 0.25) is 5.91 Å². The van der Waals surface area contributed by atoms with E-state index in [1.165, 1.54) is 0 Å². The number of amides is 1. The van der Waals surface area contributed by atoms with Gasteiger partial charge in [-0.2, -0.15) is 0 Å². The van der Waals surface area contributed by atoms with Crippen molar-refractivity contribution in [2.75, 3.05) is 5.32 Å². The van der Waals surface area contributed by atoms with E-state index in [0.717, 1.165) is 15.7 Å². The highest BCUT2D eigenvalue weighted by atomic mass is 79.9. The molecule has 1 aromatic carbocycles. The molecule has 1 amide bonds. The summed E-state index contributed by atoms with van der Waals surface area (Å²) in [6.45, 7) is 3.62. The van der Waals surface area contributed by atoms with Crippen molar-refractivity contribution in [1.29, 1.82) is 0 Å². The average Bonchev–Trinajstić information content (AvgIpc) is 2.11. The van der Waals surface area contributed by atoms with E-state index in [1.54, 1.807) is 6.92 Å². The van der Waals surface area contributed by atoms with Crippen molar-refractivity contribution in [3.05, 3.63) is 28.2 Å². The summed E-state index contributed by atoms with van der Waals surface area (Å²) >= 11 is 9.01. The molecule has 1 unspecified atom stereocenters. The fourth-order valence-electron chi connectivity index (χ4n) is 0.912. The van der Waals surface area contributed by atoms with Gasteiger partial charge < -0.3 is 5.32 Å². The van der Waals surface area contributed by atoms with Gasteiger partial charge in [0.15, 0.2) is 0 Å². The minimum atomic E-state index is -0.518. The van der Waals surface area contributed by atoms with Gasteiger partial charge in [0.1, 0.15) is 5.38 Å². The molecular formula is C10H11BrClNO. The Morgan fingerprint density at radius 1 is 1.57 bits per heavy atom. The summed E-state index contributed by atoms with van der Waals surface area (Å²) in [6.07, 6.45) is 0. The number of benzene rings is 1. The normalized spacial score (nSPS) is 12.3. The van der Waals surface area contributed by atoms with Gasteiger partial charge in [0.05, 0.1) is 0 Å². The first-order valence-corrected chi connectivity index (χ1v) is 5.44. The van der Waals surface area contributed by atoms with Crippen LogP contribution in [0.1, 0.15) is 12.5 Å². The van der Waals surface area contributed by atoms with Crippen molar-refractivity contribution < 1.29 is 4.79 Å². The Hall–Kier alpha value is -0.540. The lowest BCUT2D eigenvalue weighted by atomic mass is 10.2. The Balaban J connectivity index is 2.78. The Morgan fingerprint density at radius 2 is 2.21 bits per heavy atom. The summed E-state index contributed by atoms with van der Waals surface area (Å²) in [7, 11) is 0. The van der Waals surface area contributed by atoms with Crippen LogP contribution in [0.25, 0.3) is 0 Å². The molecule has 0 aliphatic carbocycles. The lowest BCUT2D eigenvalue weighted by molar-refractivity contribution is -0.115. The van der Waals surface area contributed by atoms with Gasteiger partial charge in [0.25, 0.3) is 0 Å². The Bertz CT molecular complexity index is 352. The van der Waals surface area contributed by atoms with E-state index >= 15 is 0 Å². The monoisotopic (exact) mass is 275 g/mol. The molecule has 0 radical (unpaired) electrons. The molecule has 0 fully saturated rings. The molecular weight excluding hydrogens is 265 g/mol. The Kier molecular flexibility index (Phi) is 3.96. The number of hydrogen-bond donors (Lipinski definition) is 1. The number of nitrogens with one attached hydrogen (secondary N) is 1. The third kappa shape index (κ3) is 3.00. The number of halogens is 2. The van der Waals surface area contributed by atoms with Crippen LogP contribution in [0, 0.1) is 6.92 Å². The van der Waals surface area contributed by atoms with E-state index in [2.05, 4.69) is 21.2 Å². The molecule has 0 bridgehead atoms. The highest BCUT2D eigenvalue weighted by Gasteiger charge is 2.09. The third-order valence-electron chi connectivity index (χ3n) is 1.80. The standard InChI is InChI=1S/C10H11BrClNO/c1-6-3-4-8(5-9(6)11)13-10(14)7(2)12/h3-5,7H,1-2H3,(H,13,14). The van der Waals surface area contributed by atoms with Crippen LogP contribution in [0.2, 0.25) is 0 Å². The number of carbonyl (C=O) groups is 1. The van der Waals surface area contributed by atoms with E-state index in [1.807, 2.05) is 25.1 Å². The largest absolute Gasteiger partial charge is 0.325 e. The second-order valence-corrected chi connectivity index (χ2v) is 4.58. The van der Waals surface area contributed by atoms with Gasteiger partial charge >= 0.3 is 0 Å². The maximum atomic E-state index is 11.3. The molecule has 1 rings (SSSR count). The van der Waals surface area contributed by atoms with Crippen LogP contribution in [-0.4, -0.2) is 11.3 Å². The second kappa shape index (κ2) is 4.80. The number of carbonyl (C=O) groups excluding carboxylic acids is 1. The predicted molar refractivity (Wildman–Crippen MR) is 62.8 cm³/mol. The Morgan fingerprint density at radius 3 is 2.71 bits per heavy atom. The fraction of sp³-hybridized carbons (Fsp3) is 0.300. The summed E-state index contributed by atoms with van der Waals surface area (Å²) in [5.41, 5.74) is 1.88. The van der Waals surface area contributed by atoms with Crippen molar-refractivity contribution >= 4 is 39.1 Å². The molecule has 0 heterocycles. The molecule has 0 spiro atoms. The molecule has 14 heavy (non-hydrogen) atoms. The van der Waals surface area contributed by atoms with Crippen LogP contribution in [0.15, 0.2) is 22.7 Å². The maximum absolute atomic E-state index is 11.3. The average molecular weight is 277 g/mol. The third-order valence-corrected chi connectivity index (χ3v) is 2.85. The summed E-state index contributed by atoms with van der Waals surface area (Å²) in [4.78, 5) is 11.3. The van der Waals surface area contributed by atoms with Crippen molar-refractivity contribution in [3.63, 3.8) is 0 Å². The van der Waals surface area contributed by atoms with Crippen molar-refractivity contribution in [2.45, 2.75) is 19.2 Å². The molecule has 0 saturated heterocycles. The van der Waals surface area contributed by atoms with Crippen molar-refractivity contribution in [3.8, 4) is 0 Å². The first-order chi connectivity index (χ1) is 6.50. The molecule has 76 valence electrons. The van der Waals surface area contributed by atoms with Crippen molar-refractivity contribution in [1.82, 2.24) is 0 Å². The van der Waals surface area contributed by atoms with Gasteiger partial charge in [-0.3, -0.25) is 4.79 Å². The van der Waals surface area contributed by atoms with Crippen LogP contribution in [-0.2, 0) is 4.79 Å². The molecule has 4 heteroatoms. The zero-order valence-corrected chi connectivity index (χ0v) is 10.3. The van der Waals surface area contributed by atoms with Crippen molar-refractivity contribution in [2.24, 2.45) is 0 Å². The fourth-order valence-corrected chi connectivity index (χ4v) is 1.35. The SMILES string of the molecule is Cc1ccc(NC(=O)C(C)Cl)cc1Br. The van der Waals surface area contributed by atoms with Gasteiger partial charge in [-0.15, -0.1) is 11.6 Å². The zero-order chi connectivity index (χ0) is 10.7. The van der Waals surface area contributed by atoms with Crippen LogP contribution in [0.4, 0.5) is 5.69 Å². The number of rotatable bonds is 2. The number of aryl methyl sites for hydroxylation is 1. The maximum Gasteiger partial charge on any atom is 0.242 e. The molecule has 0 aromatic heterocycles. The lowest BCUT2D eigenvalue weighted by Gasteiger charge is -2.07. The second-order valence-electron chi connectivity index (χ2n) is 3.07. The quantitative estimate of drug-likeness (QED) is 0.825. The smallest absolute Gasteiger partial charge is 0.242 e. The first-order valence-electron chi connectivity index (χ1n) is 4.22. The summed E-state index contributed by atoms with van der Waals surface area (Å²) in [5, 5.41) is 2.19. The zero-order valence-electron chi connectivity index (χ0n) is 7.97. The summed E-state index contributed by atoms with van der Waals surface area (Å²) < 4.78 is 0.970. The highest BCUT2D eigenvalue weighted by molar-refractivity contribution is 9.10. The van der Waals surface area contributed by atoms with E-state index in [0.29, 0.717) is 0 Å². The number of hydrogen-bond acceptors (Lipinski definition) is 1. The van der Waals surface area contributed by atoms with E-state index < -0.39 is 5.38 Å². The van der Waals surface area contributed by atoms with E-state index in [4.69, 9.17) is 11.6 Å². The number of anilines is 1. The molecule has 0 aliphatic heterocycles. The van der Waals surface area contributed by atoms with Gasteiger partial charge in [-0.05, 0) is 31.5 Å². The van der Waals surface area contributed by atoms with Crippen LogP contribution in [0.3, 0.4) is 0 Å². The Labute approximate surface area is 96.8 Å². The van der Waals surface area contributed by atoms with Crippen LogP contribution in [0.5, 0.6) is 0 Å². The van der Waals surface area contributed by atoms with Gasteiger partial charge in [0, 0.05) is 10.2 Å². The predicted octanol–water partition coefficient (Wildman–Crippen LogP) is 3.32. The lowest BCUT2D eigenvalue weighted by Crippen LogP contribution is -2.20. The molecule has 2 nitrogen and oxygen atoms in total. The van der Waals surface area contributed by atoms with Gasteiger partial charge in [-0.1, -0.05) is 22.0 Å². The minimum absolute atomic E-state index is 0.192. The van der Waals surface area contributed by atoms with Gasteiger partial charge in [-0.25, -0.2) is 0 Å². The molecule has 1 aromatic rings. The summed E-state index contributed by atoms with van der Waals surface area (Å²) in [5.74, 6) is -0.192. The van der Waals surface area contributed by atoms with E-state index in [-0.39, 0.29) is 5.91 Å². The first kappa shape index (κ1) is 11.5. The molecule has 1 atom stereocenters.